The highest BCUT2D eigenvalue weighted by Crippen LogP contribution is 2.60. The van der Waals surface area contributed by atoms with E-state index in [4.69, 9.17) is 27.9 Å². The summed E-state index contributed by atoms with van der Waals surface area (Å²) in [5.41, 5.74) is 0.432. The van der Waals surface area contributed by atoms with Crippen molar-refractivity contribution in [3.63, 3.8) is 0 Å². The molecule has 0 heterocycles. The largest absolute Gasteiger partial charge is 0.460 e. The summed E-state index contributed by atoms with van der Waals surface area (Å²) in [5, 5.41) is 0.950. The number of benzene rings is 1. The molecule has 0 aliphatic heterocycles. The van der Waals surface area contributed by atoms with E-state index >= 15 is 0 Å². The van der Waals surface area contributed by atoms with Crippen LogP contribution in [-0.4, -0.2) is 5.97 Å². The minimum Gasteiger partial charge on any atom is -0.460 e. The Morgan fingerprint density at radius 3 is 2.50 bits per heavy atom. The van der Waals surface area contributed by atoms with Crippen LogP contribution in [0.4, 0.5) is 4.39 Å². The second-order valence-corrected chi connectivity index (χ2v) is 7.05. The normalized spacial score (nSPS) is 23.3. The summed E-state index contributed by atoms with van der Waals surface area (Å²) in [6, 6.07) is 5.15. The van der Waals surface area contributed by atoms with Crippen molar-refractivity contribution in [2.45, 2.75) is 33.8 Å². The molecule has 5 heteroatoms. The average molecular weight is 345 g/mol. The molecule has 0 spiro atoms. The molecule has 0 amide bonds. The van der Waals surface area contributed by atoms with Crippen molar-refractivity contribution in [1.82, 2.24) is 0 Å². The first-order valence-electron chi connectivity index (χ1n) is 7.17. The highest BCUT2D eigenvalue weighted by Gasteiger charge is 2.61. The van der Waals surface area contributed by atoms with Gasteiger partial charge in [-0.3, -0.25) is 4.79 Å². The molecule has 1 aliphatic rings. The lowest BCUT2D eigenvalue weighted by molar-refractivity contribution is -0.147. The lowest BCUT2D eigenvalue weighted by atomic mass is 10.1. The van der Waals surface area contributed by atoms with Crippen LogP contribution in [-0.2, 0) is 16.1 Å². The van der Waals surface area contributed by atoms with Gasteiger partial charge in [-0.25, -0.2) is 4.39 Å². The van der Waals surface area contributed by atoms with Gasteiger partial charge in [0.25, 0.3) is 0 Å². The number of carbonyl (C=O) groups excluding carboxylic acids is 1. The van der Waals surface area contributed by atoms with Crippen LogP contribution in [0.3, 0.4) is 0 Å². The first kappa shape index (κ1) is 17.3. The number of ether oxygens (including phenoxy) is 1. The van der Waals surface area contributed by atoms with Gasteiger partial charge in [0.15, 0.2) is 0 Å². The molecule has 1 saturated carbocycles. The van der Waals surface area contributed by atoms with E-state index in [-0.39, 0.29) is 35.7 Å². The molecule has 2 rings (SSSR count). The summed E-state index contributed by atoms with van der Waals surface area (Å²) in [6.45, 7) is 5.44. The number of halogens is 3. The van der Waals surface area contributed by atoms with Crippen LogP contribution >= 0.6 is 23.2 Å². The fourth-order valence-electron chi connectivity index (χ4n) is 2.84. The average Bonchev–Trinajstić information content (AvgIpc) is 2.97. The van der Waals surface area contributed by atoms with E-state index < -0.39 is 0 Å². The van der Waals surface area contributed by atoms with Crippen molar-refractivity contribution in [3.05, 3.63) is 45.7 Å². The van der Waals surface area contributed by atoms with Gasteiger partial charge in [0, 0.05) is 15.6 Å². The highest BCUT2D eigenvalue weighted by molar-refractivity contribution is 6.35. The molecule has 0 bridgehead atoms. The van der Waals surface area contributed by atoms with Gasteiger partial charge >= 0.3 is 5.97 Å². The van der Waals surface area contributed by atoms with Gasteiger partial charge in [-0.15, -0.1) is 0 Å². The van der Waals surface area contributed by atoms with Crippen molar-refractivity contribution in [2.75, 3.05) is 0 Å². The standard InChI is InChI=1S/C17H19Cl2FO2/c1-10(20)7-8-12-15(17(12,2)3)16(21)22-9-11-13(18)5-4-6-14(11)19/h4-7,12,15H,8-9H2,1-3H3/b10-7+/t12?,15-/m0/s1. The zero-order chi connectivity index (χ0) is 16.5. The second-order valence-electron chi connectivity index (χ2n) is 6.24. The van der Waals surface area contributed by atoms with Crippen LogP contribution in [0.25, 0.3) is 0 Å². The van der Waals surface area contributed by atoms with Gasteiger partial charge in [0.2, 0.25) is 0 Å². The SMILES string of the molecule is C/C(F)=C\CC1[C@@H](C(=O)OCc2c(Cl)cccc2Cl)C1(C)C. The van der Waals surface area contributed by atoms with Gasteiger partial charge in [-0.05, 0) is 36.8 Å². The fraction of sp³-hybridized carbons (Fsp3) is 0.471. The molecule has 1 aromatic rings. The lowest BCUT2D eigenvalue weighted by Gasteiger charge is -2.09. The third kappa shape index (κ3) is 3.64. The molecular formula is C17H19Cl2FO2. The van der Waals surface area contributed by atoms with Crippen molar-refractivity contribution < 1.29 is 13.9 Å². The van der Waals surface area contributed by atoms with Crippen LogP contribution < -0.4 is 0 Å². The first-order chi connectivity index (χ1) is 10.2. The molecule has 120 valence electrons. The van der Waals surface area contributed by atoms with Gasteiger partial charge in [-0.1, -0.05) is 49.2 Å². The van der Waals surface area contributed by atoms with E-state index in [1.807, 2.05) is 13.8 Å². The number of hydrogen-bond acceptors (Lipinski definition) is 2. The Morgan fingerprint density at radius 1 is 1.36 bits per heavy atom. The Hall–Kier alpha value is -1.06. The van der Waals surface area contributed by atoms with Crippen LogP contribution in [0.1, 0.15) is 32.8 Å². The summed E-state index contributed by atoms with van der Waals surface area (Å²) in [6.07, 6.45) is 2.06. The van der Waals surface area contributed by atoms with Crippen molar-refractivity contribution >= 4 is 29.2 Å². The molecule has 1 aromatic carbocycles. The van der Waals surface area contributed by atoms with Crippen LogP contribution in [0, 0.1) is 17.3 Å². The molecule has 0 radical (unpaired) electrons. The molecule has 2 nitrogen and oxygen atoms in total. The van der Waals surface area contributed by atoms with Gasteiger partial charge in [-0.2, -0.15) is 0 Å². The van der Waals surface area contributed by atoms with E-state index in [9.17, 15) is 9.18 Å². The number of esters is 1. The molecule has 2 atom stereocenters. The Balaban J connectivity index is 1.97. The molecule has 1 unspecified atom stereocenters. The van der Waals surface area contributed by atoms with Crippen LogP contribution in [0.2, 0.25) is 10.0 Å². The van der Waals surface area contributed by atoms with Crippen molar-refractivity contribution in [3.8, 4) is 0 Å². The second kappa shape index (κ2) is 6.59. The Bertz CT molecular complexity index is 586. The minimum absolute atomic E-state index is 0.0502. The van der Waals surface area contributed by atoms with Crippen LogP contribution in [0.15, 0.2) is 30.1 Å². The minimum atomic E-state index is -0.282. The molecular weight excluding hydrogens is 326 g/mol. The number of allylic oxidation sites excluding steroid dienone is 2. The maximum absolute atomic E-state index is 12.8. The molecule has 1 aliphatic carbocycles. The Morgan fingerprint density at radius 2 is 1.95 bits per heavy atom. The maximum Gasteiger partial charge on any atom is 0.310 e. The molecule has 22 heavy (non-hydrogen) atoms. The quantitative estimate of drug-likeness (QED) is 0.652. The topological polar surface area (TPSA) is 26.3 Å². The predicted molar refractivity (Wildman–Crippen MR) is 86.5 cm³/mol. The zero-order valence-corrected chi connectivity index (χ0v) is 14.3. The summed E-state index contributed by atoms with van der Waals surface area (Å²) in [7, 11) is 0. The Labute approximate surface area is 140 Å². The number of hydrogen-bond donors (Lipinski definition) is 0. The summed E-state index contributed by atoms with van der Waals surface area (Å²) < 4.78 is 18.2. The molecule has 1 fully saturated rings. The zero-order valence-electron chi connectivity index (χ0n) is 12.8. The van der Waals surface area contributed by atoms with E-state index in [0.717, 1.165) is 0 Å². The van der Waals surface area contributed by atoms with Crippen molar-refractivity contribution in [2.24, 2.45) is 17.3 Å². The monoisotopic (exact) mass is 344 g/mol. The summed E-state index contributed by atoms with van der Waals surface area (Å²) in [5.74, 6) is -0.620. The fourth-order valence-corrected chi connectivity index (χ4v) is 3.35. The summed E-state index contributed by atoms with van der Waals surface area (Å²) in [4.78, 5) is 12.2. The highest BCUT2D eigenvalue weighted by atomic mass is 35.5. The van der Waals surface area contributed by atoms with E-state index in [2.05, 4.69) is 0 Å². The van der Waals surface area contributed by atoms with E-state index in [1.165, 1.54) is 13.0 Å². The number of rotatable bonds is 5. The summed E-state index contributed by atoms with van der Waals surface area (Å²) >= 11 is 12.1. The Kier molecular flexibility index (Phi) is 5.18. The van der Waals surface area contributed by atoms with E-state index in [1.54, 1.807) is 18.2 Å². The van der Waals surface area contributed by atoms with Crippen molar-refractivity contribution in [1.29, 1.82) is 0 Å². The van der Waals surface area contributed by atoms with Gasteiger partial charge in [0.05, 0.1) is 11.7 Å². The smallest absolute Gasteiger partial charge is 0.310 e. The predicted octanol–water partition coefficient (Wildman–Crippen LogP) is 5.57. The first-order valence-corrected chi connectivity index (χ1v) is 7.92. The van der Waals surface area contributed by atoms with Crippen LogP contribution in [0.5, 0.6) is 0 Å². The molecule has 0 saturated heterocycles. The van der Waals surface area contributed by atoms with E-state index in [0.29, 0.717) is 22.0 Å². The van der Waals surface area contributed by atoms with Gasteiger partial charge in [0.1, 0.15) is 6.61 Å². The molecule has 0 aromatic heterocycles. The third-order valence-corrected chi connectivity index (χ3v) is 5.09. The third-order valence-electron chi connectivity index (χ3n) is 4.38. The molecule has 0 N–H and O–H groups in total. The lowest BCUT2D eigenvalue weighted by Crippen LogP contribution is -2.11. The van der Waals surface area contributed by atoms with Gasteiger partial charge < -0.3 is 4.74 Å². The maximum atomic E-state index is 12.8. The number of carbonyl (C=O) groups is 1.